The Hall–Kier alpha value is -1.07. The van der Waals surface area contributed by atoms with Gasteiger partial charge in [-0.3, -0.25) is 4.79 Å². The number of nitrogens with zero attached hydrogens (tertiary/aromatic N) is 4. The fraction of sp³-hybridized carbons (Fsp3) is 0.545. The van der Waals surface area contributed by atoms with Crippen molar-refractivity contribution in [2.75, 3.05) is 32.1 Å². The normalized spacial score (nSPS) is 10.3. The van der Waals surface area contributed by atoms with Gasteiger partial charge in [-0.1, -0.05) is 18.5 Å². The van der Waals surface area contributed by atoms with Gasteiger partial charge in [0.1, 0.15) is 5.02 Å². The summed E-state index contributed by atoms with van der Waals surface area (Å²) in [6.45, 7) is 2.91. The van der Waals surface area contributed by atoms with Gasteiger partial charge >= 0.3 is 0 Å². The van der Waals surface area contributed by atoms with E-state index in [4.69, 9.17) is 23.2 Å². The second-order valence-electron chi connectivity index (χ2n) is 4.02. The highest BCUT2D eigenvalue weighted by Crippen LogP contribution is 2.23. The van der Waals surface area contributed by atoms with Gasteiger partial charge in [0.25, 0.3) is 0 Å². The summed E-state index contributed by atoms with van der Waals surface area (Å²) < 4.78 is 0. The molecule has 0 saturated carbocycles. The smallest absolute Gasteiger partial charge is 0.241 e. The van der Waals surface area contributed by atoms with Gasteiger partial charge in [-0.15, -0.1) is 0 Å². The molecule has 0 spiro atoms. The van der Waals surface area contributed by atoms with Gasteiger partial charge in [-0.05, 0) is 18.0 Å². The lowest BCUT2D eigenvalue weighted by molar-refractivity contribution is -0.127. The second-order valence-corrected chi connectivity index (χ2v) is 4.77. The molecular formula is C11H16Cl2N4O. The third kappa shape index (κ3) is 3.99. The SMILES string of the molecule is CCCN(CC(=O)N(C)C)c1nc(Cl)ncc1Cl. The van der Waals surface area contributed by atoms with Crippen molar-refractivity contribution >= 4 is 34.9 Å². The predicted molar refractivity (Wildman–Crippen MR) is 73.3 cm³/mol. The molecule has 0 saturated heterocycles. The van der Waals surface area contributed by atoms with E-state index in [2.05, 4.69) is 9.97 Å². The van der Waals surface area contributed by atoms with Gasteiger partial charge < -0.3 is 9.80 Å². The van der Waals surface area contributed by atoms with Gasteiger partial charge in [0.2, 0.25) is 11.2 Å². The van der Waals surface area contributed by atoms with E-state index < -0.39 is 0 Å². The van der Waals surface area contributed by atoms with Gasteiger partial charge in [0, 0.05) is 20.6 Å². The Morgan fingerprint density at radius 2 is 2.06 bits per heavy atom. The van der Waals surface area contributed by atoms with Crippen molar-refractivity contribution in [2.24, 2.45) is 0 Å². The minimum atomic E-state index is -0.0192. The van der Waals surface area contributed by atoms with Crippen molar-refractivity contribution in [2.45, 2.75) is 13.3 Å². The molecule has 0 aliphatic carbocycles. The molecule has 1 aromatic heterocycles. The molecule has 1 rings (SSSR count). The quantitative estimate of drug-likeness (QED) is 0.779. The highest BCUT2D eigenvalue weighted by atomic mass is 35.5. The Morgan fingerprint density at radius 1 is 1.39 bits per heavy atom. The van der Waals surface area contributed by atoms with Crippen LogP contribution in [0.4, 0.5) is 5.82 Å². The third-order valence-corrected chi connectivity index (χ3v) is 2.76. The van der Waals surface area contributed by atoms with Crippen LogP contribution in [-0.2, 0) is 4.79 Å². The standard InChI is InChI=1S/C11H16Cl2N4O/c1-4-5-17(7-9(18)16(2)3)10-8(12)6-14-11(13)15-10/h6H,4-5,7H2,1-3H3. The van der Waals surface area contributed by atoms with E-state index >= 15 is 0 Å². The lowest BCUT2D eigenvalue weighted by Gasteiger charge is -2.24. The van der Waals surface area contributed by atoms with Crippen LogP contribution in [0, 0.1) is 0 Å². The number of hydrogen-bond donors (Lipinski definition) is 0. The van der Waals surface area contributed by atoms with Crippen molar-refractivity contribution in [3.05, 3.63) is 16.5 Å². The molecule has 0 radical (unpaired) electrons. The summed E-state index contributed by atoms with van der Waals surface area (Å²) in [5, 5.41) is 0.507. The Balaban J connectivity index is 2.96. The molecule has 7 heteroatoms. The topological polar surface area (TPSA) is 49.3 Å². The molecule has 0 aliphatic heterocycles. The Bertz CT molecular complexity index is 426. The van der Waals surface area contributed by atoms with Crippen LogP contribution in [0.2, 0.25) is 10.3 Å². The molecule has 5 nitrogen and oxygen atoms in total. The first-order valence-corrected chi connectivity index (χ1v) is 6.34. The molecule has 18 heavy (non-hydrogen) atoms. The van der Waals surface area contributed by atoms with Crippen LogP contribution in [0.1, 0.15) is 13.3 Å². The van der Waals surface area contributed by atoms with Gasteiger partial charge in [-0.25, -0.2) is 4.98 Å². The summed E-state index contributed by atoms with van der Waals surface area (Å²) in [6, 6.07) is 0. The minimum absolute atomic E-state index is 0.0192. The number of carbonyl (C=O) groups is 1. The average Bonchev–Trinajstić information content (AvgIpc) is 2.31. The summed E-state index contributed by atoms with van der Waals surface area (Å²) in [4.78, 5) is 23.0. The fourth-order valence-electron chi connectivity index (χ4n) is 1.39. The molecular weight excluding hydrogens is 275 g/mol. The Kier molecular flexibility index (Phi) is 5.62. The number of likely N-dealkylation sites (N-methyl/N-ethyl adjacent to an activating group) is 1. The molecule has 0 fully saturated rings. The maximum absolute atomic E-state index is 11.8. The lowest BCUT2D eigenvalue weighted by Crippen LogP contribution is -2.37. The van der Waals surface area contributed by atoms with Crippen molar-refractivity contribution in [3.63, 3.8) is 0 Å². The number of halogens is 2. The maximum Gasteiger partial charge on any atom is 0.241 e. The minimum Gasteiger partial charge on any atom is -0.347 e. The summed E-state index contributed by atoms with van der Waals surface area (Å²) in [5.41, 5.74) is 0. The van der Waals surface area contributed by atoms with Gasteiger partial charge in [0.05, 0.1) is 12.7 Å². The average molecular weight is 291 g/mol. The molecule has 100 valence electrons. The zero-order chi connectivity index (χ0) is 13.7. The van der Waals surface area contributed by atoms with E-state index in [1.54, 1.807) is 19.0 Å². The predicted octanol–water partition coefficient (Wildman–Crippen LogP) is 2.09. The van der Waals surface area contributed by atoms with Gasteiger partial charge in [0.15, 0.2) is 5.82 Å². The van der Waals surface area contributed by atoms with Crippen LogP contribution in [0.5, 0.6) is 0 Å². The fourth-order valence-corrected chi connectivity index (χ4v) is 1.73. The zero-order valence-electron chi connectivity index (χ0n) is 10.7. The molecule has 0 N–H and O–H groups in total. The maximum atomic E-state index is 11.8. The number of aromatic nitrogens is 2. The molecule has 0 aromatic carbocycles. The van der Waals surface area contributed by atoms with Crippen LogP contribution in [-0.4, -0.2) is 48.0 Å². The van der Waals surface area contributed by atoms with E-state index in [-0.39, 0.29) is 17.7 Å². The molecule has 1 aromatic rings. The van der Waals surface area contributed by atoms with Gasteiger partial charge in [-0.2, -0.15) is 4.98 Å². The van der Waals surface area contributed by atoms with Crippen LogP contribution < -0.4 is 4.90 Å². The first-order valence-electron chi connectivity index (χ1n) is 5.58. The van der Waals surface area contributed by atoms with Crippen LogP contribution >= 0.6 is 23.2 Å². The van der Waals surface area contributed by atoms with Crippen molar-refractivity contribution in [1.82, 2.24) is 14.9 Å². The summed E-state index contributed by atoms with van der Waals surface area (Å²) in [5.74, 6) is 0.475. The number of amides is 1. The van der Waals surface area contributed by atoms with E-state index in [9.17, 15) is 4.79 Å². The largest absolute Gasteiger partial charge is 0.347 e. The molecule has 1 amide bonds. The van der Waals surface area contributed by atoms with Crippen LogP contribution in [0.15, 0.2) is 6.20 Å². The molecule has 0 bridgehead atoms. The molecule has 1 heterocycles. The Labute approximate surface area is 117 Å². The molecule has 0 unspecified atom stereocenters. The zero-order valence-corrected chi connectivity index (χ0v) is 12.2. The Morgan fingerprint density at radius 3 is 2.61 bits per heavy atom. The summed E-state index contributed by atoms with van der Waals surface area (Å²) in [6.07, 6.45) is 2.31. The monoisotopic (exact) mass is 290 g/mol. The van der Waals surface area contributed by atoms with Crippen molar-refractivity contribution in [1.29, 1.82) is 0 Å². The highest BCUT2D eigenvalue weighted by Gasteiger charge is 2.17. The second kappa shape index (κ2) is 6.75. The first-order chi connectivity index (χ1) is 8.45. The van der Waals surface area contributed by atoms with E-state index in [0.717, 1.165) is 6.42 Å². The first kappa shape index (κ1) is 15.0. The summed E-state index contributed by atoms with van der Waals surface area (Å²) in [7, 11) is 3.42. The number of hydrogen-bond acceptors (Lipinski definition) is 4. The van der Waals surface area contributed by atoms with E-state index in [0.29, 0.717) is 17.4 Å². The third-order valence-electron chi connectivity index (χ3n) is 2.31. The molecule has 0 atom stereocenters. The highest BCUT2D eigenvalue weighted by molar-refractivity contribution is 6.33. The van der Waals surface area contributed by atoms with Crippen molar-refractivity contribution in [3.8, 4) is 0 Å². The van der Waals surface area contributed by atoms with Crippen molar-refractivity contribution < 1.29 is 4.79 Å². The van der Waals surface area contributed by atoms with Crippen LogP contribution in [0.25, 0.3) is 0 Å². The van der Waals surface area contributed by atoms with E-state index in [1.165, 1.54) is 11.1 Å². The number of anilines is 1. The number of carbonyl (C=O) groups excluding carboxylic acids is 1. The number of rotatable bonds is 5. The van der Waals surface area contributed by atoms with E-state index in [1.807, 2.05) is 6.92 Å². The summed E-state index contributed by atoms with van der Waals surface area (Å²) >= 11 is 11.8. The van der Waals surface area contributed by atoms with Crippen LogP contribution in [0.3, 0.4) is 0 Å². The lowest BCUT2D eigenvalue weighted by atomic mass is 10.3. The molecule has 0 aliphatic rings.